The van der Waals surface area contributed by atoms with Crippen LogP contribution < -0.4 is 10.0 Å². The third-order valence-electron chi connectivity index (χ3n) is 4.25. The number of carbonyl (C=O) groups excluding carboxylic acids is 2. The molecule has 0 bridgehead atoms. The molecule has 0 aliphatic carbocycles. The summed E-state index contributed by atoms with van der Waals surface area (Å²) in [5.74, 6) is -3.90. The lowest BCUT2D eigenvalue weighted by atomic mass is 10.2. The Morgan fingerprint density at radius 2 is 1.53 bits per heavy atom. The monoisotopic (exact) mass is 460 g/mol. The smallest absolute Gasteiger partial charge is 0.338 e. The summed E-state index contributed by atoms with van der Waals surface area (Å²) >= 11 is 0. The highest BCUT2D eigenvalue weighted by atomic mass is 32.2. The van der Waals surface area contributed by atoms with Gasteiger partial charge in [0.25, 0.3) is 5.91 Å². The van der Waals surface area contributed by atoms with Crippen LogP contribution in [-0.2, 0) is 26.1 Å². The van der Waals surface area contributed by atoms with Crippen LogP contribution in [0.15, 0.2) is 77.7 Å². The first-order chi connectivity index (χ1) is 15.3. The number of rotatable bonds is 8. The maximum atomic E-state index is 13.6. The molecule has 0 heterocycles. The third-order valence-corrected chi connectivity index (χ3v) is 5.65. The highest BCUT2D eigenvalue weighted by molar-refractivity contribution is 7.89. The van der Waals surface area contributed by atoms with Gasteiger partial charge in [0.1, 0.15) is 17.3 Å². The Balaban J connectivity index is 1.61. The fraction of sp³-hybridized carbons (Fsp3) is 0.0909. The number of para-hydroxylation sites is 1. The van der Waals surface area contributed by atoms with Gasteiger partial charge in [-0.3, -0.25) is 4.79 Å². The van der Waals surface area contributed by atoms with Gasteiger partial charge in [0.05, 0.1) is 10.5 Å². The van der Waals surface area contributed by atoms with E-state index in [1.807, 2.05) is 5.32 Å². The predicted molar refractivity (Wildman–Crippen MR) is 112 cm³/mol. The zero-order chi connectivity index (χ0) is 23.1. The second kappa shape index (κ2) is 10.1. The molecule has 3 aromatic carbocycles. The zero-order valence-corrected chi connectivity index (χ0v) is 17.4. The van der Waals surface area contributed by atoms with Crippen molar-refractivity contribution in [1.29, 1.82) is 0 Å². The maximum Gasteiger partial charge on any atom is 0.338 e. The van der Waals surface area contributed by atoms with Crippen LogP contribution in [0.3, 0.4) is 0 Å². The lowest BCUT2D eigenvalue weighted by Gasteiger charge is -2.10. The van der Waals surface area contributed by atoms with Gasteiger partial charge in [0.15, 0.2) is 6.61 Å². The molecule has 0 radical (unpaired) electrons. The first kappa shape index (κ1) is 23.0. The molecule has 166 valence electrons. The summed E-state index contributed by atoms with van der Waals surface area (Å²) in [6.45, 7) is -0.763. The summed E-state index contributed by atoms with van der Waals surface area (Å²) in [4.78, 5) is 23.9. The number of nitrogens with one attached hydrogen (secondary N) is 2. The van der Waals surface area contributed by atoms with E-state index in [0.717, 1.165) is 29.8 Å². The first-order valence-corrected chi connectivity index (χ1v) is 10.8. The van der Waals surface area contributed by atoms with Crippen molar-refractivity contribution in [3.63, 3.8) is 0 Å². The molecule has 0 unspecified atom stereocenters. The van der Waals surface area contributed by atoms with E-state index in [-0.39, 0.29) is 17.0 Å². The number of hydrogen-bond donors (Lipinski definition) is 2. The van der Waals surface area contributed by atoms with Crippen LogP contribution in [0, 0.1) is 11.6 Å². The Kier molecular flexibility index (Phi) is 7.29. The third kappa shape index (κ3) is 5.96. The van der Waals surface area contributed by atoms with E-state index in [2.05, 4.69) is 4.72 Å². The van der Waals surface area contributed by atoms with Crippen molar-refractivity contribution in [3.05, 3.63) is 95.6 Å². The minimum Gasteiger partial charge on any atom is -0.452 e. The summed E-state index contributed by atoms with van der Waals surface area (Å²) < 4.78 is 59.4. The van der Waals surface area contributed by atoms with Gasteiger partial charge in [0, 0.05) is 6.54 Å². The number of anilines is 1. The number of ether oxygens (including phenoxy) is 1. The Morgan fingerprint density at radius 3 is 2.22 bits per heavy atom. The highest BCUT2D eigenvalue weighted by Gasteiger charge is 2.18. The SMILES string of the molecule is O=C(COC(=O)c1cccc(S(=O)(=O)NCc2ccccc2)c1)Nc1c(F)cccc1F. The van der Waals surface area contributed by atoms with Crippen LogP contribution in [-0.4, -0.2) is 26.9 Å². The molecule has 3 rings (SSSR count). The summed E-state index contributed by atoms with van der Waals surface area (Å²) in [5, 5.41) is 1.98. The van der Waals surface area contributed by atoms with Gasteiger partial charge in [0.2, 0.25) is 10.0 Å². The van der Waals surface area contributed by atoms with Crippen LogP contribution in [0.1, 0.15) is 15.9 Å². The summed E-state index contributed by atoms with van der Waals surface area (Å²) in [6.07, 6.45) is 0. The molecule has 3 aromatic rings. The molecule has 0 aromatic heterocycles. The Morgan fingerprint density at radius 1 is 0.875 bits per heavy atom. The van der Waals surface area contributed by atoms with E-state index in [1.165, 1.54) is 18.2 Å². The van der Waals surface area contributed by atoms with Crippen LogP contribution in [0.4, 0.5) is 14.5 Å². The molecule has 0 saturated carbocycles. The largest absolute Gasteiger partial charge is 0.452 e. The number of hydrogen-bond acceptors (Lipinski definition) is 5. The number of amides is 1. The highest BCUT2D eigenvalue weighted by Crippen LogP contribution is 2.18. The van der Waals surface area contributed by atoms with Gasteiger partial charge in [-0.25, -0.2) is 26.7 Å². The topological polar surface area (TPSA) is 102 Å². The van der Waals surface area contributed by atoms with Crippen molar-refractivity contribution in [2.75, 3.05) is 11.9 Å². The molecule has 1 amide bonds. The lowest BCUT2D eigenvalue weighted by Crippen LogP contribution is -2.24. The maximum absolute atomic E-state index is 13.6. The standard InChI is InChI=1S/C22H18F2N2O5S/c23-18-10-5-11-19(24)21(18)26-20(27)14-31-22(28)16-8-4-9-17(12-16)32(29,30)25-13-15-6-2-1-3-7-15/h1-12,25H,13-14H2,(H,26,27). The predicted octanol–water partition coefficient (Wildman–Crippen LogP) is 3.24. The fourth-order valence-electron chi connectivity index (χ4n) is 2.65. The van der Waals surface area contributed by atoms with Crippen molar-refractivity contribution in [2.24, 2.45) is 0 Å². The fourth-order valence-corrected chi connectivity index (χ4v) is 3.72. The molecule has 0 fully saturated rings. The Labute approximate surface area is 183 Å². The van der Waals surface area contributed by atoms with E-state index in [1.54, 1.807) is 30.3 Å². The van der Waals surface area contributed by atoms with Crippen LogP contribution in [0.5, 0.6) is 0 Å². The average molecular weight is 460 g/mol. The lowest BCUT2D eigenvalue weighted by molar-refractivity contribution is -0.119. The summed E-state index contributed by atoms with van der Waals surface area (Å²) in [7, 11) is -3.92. The molecule has 7 nitrogen and oxygen atoms in total. The van der Waals surface area contributed by atoms with Gasteiger partial charge in [-0.15, -0.1) is 0 Å². The van der Waals surface area contributed by atoms with Crippen molar-refractivity contribution in [3.8, 4) is 0 Å². The van der Waals surface area contributed by atoms with Gasteiger partial charge in [-0.2, -0.15) is 0 Å². The second-order valence-electron chi connectivity index (χ2n) is 6.56. The summed E-state index contributed by atoms with van der Waals surface area (Å²) in [6, 6.07) is 17.0. The molecule has 0 spiro atoms. The number of benzene rings is 3. The minimum absolute atomic E-state index is 0.0601. The molecule has 2 N–H and O–H groups in total. The number of halogens is 2. The normalized spacial score (nSPS) is 11.1. The molecule has 0 saturated heterocycles. The molecule has 0 atom stereocenters. The molecule has 0 aliphatic heterocycles. The molecular weight excluding hydrogens is 442 g/mol. The van der Waals surface area contributed by atoms with E-state index in [9.17, 15) is 26.8 Å². The second-order valence-corrected chi connectivity index (χ2v) is 8.33. The van der Waals surface area contributed by atoms with Gasteiger partial charge < -0.3 is 10.1 Å². The number of esters is 1. The number of sulfonamides is 1. The van der Waals surface area contributed by atoms with E-state index < -0.39 is 45.8 Å². The average Bonchev–Trinajstić information content (AvgIpc) is 2.79. The van der Waals surface area contributed by atoms with Gasteiger partial charge >= 0.3 is 5.97 Å². The van der Waals surface area contributed by atoms with Gasteiger partial charge in [-0.05, 0) is 35.9 Å². The minimum atomic E-state index is -3.92. The Bertz CT molecular complexity index is 1210. The zero-order valence-electron chi connectivity index (χ0n) is 16.5. The van der Waals surface area contributed by atoms with E-state index >= 15 is 0 Å². The van der Waals surface area contributed by atoms with Crippen LogP contribution >= 0.6 is 0 Å². The van der Waals surface area contributed by atoms with Crippen molar-refractivity contribution >= 4 is 27.6 Å². The van der Waals surface area contributed by atoms with Crippen molar-refractivity contribution in [1.82, 2.24) is 4.72 Å². The van der Waals surface area contributed by atoms with E-state index in [4.69, 9.17) is 4.74 Å². The van der Waals surface area contributed by atoms with Crippen molar-refractivity contribution in [2.45, 2.75) is 11.4 Å². The molecule has 10 heteroatoms. The molecular formula is C22H18F2N2O5S. The van der Waals surface area contributed by atoms with Crippen molar-refractivity contribution < 1.29 is 31.5 Å². The Hall–Kier alpha value is -3.63. The quantitative estimate of drug-likeness (QED) is 0.503. The summed E-state index contributed by atoms with van der Waals surface area (Å²) in [5.41, 5.74) is -0.0208. The molecule has 0 aliphatic rings. The first-order valence-electron chi connectivity index (χ1n) is 9.31. The molecule has 32 heavy (non-hydrogen) atoms. The number of carbonyl (C=O) groups is 2. The van der Waals surface area contributed by atoms with E-state index in [0.29, 0.717) is 0 Å². The van der Waals surface area contributed by atoms with Crippen LogP contribution in [0.25, 0.3) is 0 Å². The van der Waals surface area contributed by atoms with Crippen LogP contribution in [0.2, 0.25) is 0 Å². The van der Waals surface area contributed by atoms with Gasteiger partial charge in [-0.1, -0.05) is 42.5 Å².